The monoisotopic (exact) mass is 558 g/mol. The SMILES string of the molecule is CC(CO)Oc1ccc(-n2ccc(NC(=O)N3CCN(C(=O)C(C)(C)NC(=O)OC(C)(C)C)CC3)nc2=O)cc1. The van der Waals surface area contributed by atoms with Crippen LogP contribution < -0.4 is 21.1 Å². The minimum absolute atomic E-state index is 0.101. The number of hydrogen-bond acceptors (Lipinski definition) is 8. The van der Waals surface area contributed by atoms with Gasteiger partial charge in [0, 0.05) is 32.4 Å². The minimum Gasteiger partial charge on any atom is -0.488 e. The highest BCUT2D eigenvalue weighted by Gasteiger charge is 2.36. The molecule has 1 atom stereocenters. The van der Waals surface area contributed by atoms with Gasteiger partial charge in [-0.1, -0.05) is 0 Å². The molecule has 1 saturated heterocycles. The highest BCUT2D eigenvalue weighted by Crippen LogP contribution is 2.17. The third kappa shape index (κ3) is 8.18. The molecule has 1 aliphatic rings. The Morgan fingerprint density at radius 2 is 1.60 bits per heavy atom. The molecule has 0 aliphatic carbocycles. The number of anilines is 1. The highest BCUT2D eigenvalue weighted by molar-refractivity contribution is 5.90. The zero-order valence-corrected chi connectivity index (χ0v) is 23.8. The molecule has 13 heteroatoms. The molecule has 3 N–H and O–H groups in total. The Labute approximate surface area is 233 Å². The molecule has 2 aromatic rings. The predicted octanol–water partition coefficient (Wildman–Crippen LogP) is 1.97. The van der Waals surface area contributed by atoms with Crippen molar-refractivity contribution in [2.24, 2.45) is 0 Å². The van der Waals surface area contributed by atoms with E-state index in [9.17, 15) is 19.2 Å². The number of carbonyl (C=O) groups excluding carboxylic acids is 3. The van der Waals surface area contributed by atoms with E-state index in [0.717, 1.165) is 0 Å². The number of nitrogens with one attached hydrogen (secondary N) is 2. The molecule has 0 radical (unpaired) electrons. The third-order valence-corrected chi connectivity index (χ3v) is 5.95. The van der Waals surface area contributed by atoms with Gasteiger partial charge in [0.15, 0.2) is 0 Å². The summed E-state index contributed by atoms with van der Waals surface area (Å²) in [6, 6.07) is 7.81. The van der Waals surface area contributed by atoms with Gasteiger partial charge in [0.25, 0.3) is 0 Å². The topological polar surface area (TPSA) is 155 Å². The molecule has 13 nitrogen and oxygen atoms in total. The number of benzene rings is 1. The Kier molecular flexibility index (Phi) is 9.40. The van der Waals surface area contributed by atoms with Crippen molar-refractivity contribution in [3.05, 3.63) is 47.0 Å². The molecule has 1 aromatic heterocycles. The van der Waals surface area contributed by atoms with Crippen molar-refractivity contribution in [3.63, 3.8) is 0 Å². The van der Waals surface area contributed by atoms with Gasteiger partial charge in [-0.3, -0.25) is 14.7 Å². The molecule has 4 amide bonds. The first-order valence-electron chi connectivity index (χ1n) is 13.0. The van der Waals surface area contributed by atoms with E-state index in [1.807, 2.05) is 0 Å². The summed E-state index contributed by atoms with van der Waals surface area (Å²) in [5, 5.41) is 14.4. The predicted molar refractivity (Wildman–Crippen MR) is 148 cm³/mol. The second-order valence-electron chi connectivity index (χ2n) is 11.0. The van der Waals surface area contributed by atoms with Gasteiger partial charge >= 0.3 is 17.8 Å². The molecule has 218 valence electrons. The van der Waals surface area contributed by atoms with Crippen LogP contribution >= 0.6 is 0 Å². The maximum absolute atomic E-state index is 13.0. The van der Waals surface area contributed by atoms with Crippen molar-refractivity contribution in [1.29, 1.82) is 0 Å². The first-order valence-corrected chi connectivity index (χ1v) is 13.0. The van der Waals surface area contributed by atoms with Crippen LogP contribution in [0.3, 0.4) is 0 Å². The molecule has 1 fully saturated rings. The molecule has 2 heterocycles. The van der Waals surface area contributed by atoms with E-state index in [4.69, 9.17) is 14.6 Å². The van der Waals surface area contributed by atoms with Crippen molar-refractivity contribution >= 4 is 23.8 Å². The van der Waals surface area contributed by atoms with Crippen LogP contribution in [0.2, 0.25) is 0 Å². The number of hydrogen-bond donors (Lipinski definition) is 3. The van der Waals surface area contributed by atoms with E-state index in [2.05, 4.69) is 15.6 Å². The van der Waals surface area contributed by atoms with Gasteiger partial charge in [0.2, 0.25) is 5.91 Å². The lowest BCUT2D eigenvalue weighted by Gasteiger charge is -2.38. The van der Waals surface area contributed by atoms with Gasteiger partial charge in [-0.2, -0.15) is 4.98 Å². The van der Waals surface area contributed by atoms with Crippen LogP contribution in [0.5, 0.6) is 5.75 Å². The second kappa shape index (κ2) is 12.4. The zero-order chi connectivity index (χ0) is 29.7. The number of nitrogens with zero attached hydrogens (tertiary/aromatic N) is 4. The number of ether oxygens (including phenoxy) is 2. The van der Waals surface area contributed by atoms with Crippen LogP contribution in [0.4, 0.5) is 15.4 Å². The lowest BCUT2D eigenvalue weighted by atomic mass is 10.0. The number of rotatable bonds is 7. The standard InChI is InChI=1S/C27H38N6O7/c1-18(17-34)39-20-9-7-19(8-10-20)33-12-11-21(29-24(33)37)28-23(36)32-15-13-31(14-16-32)22(35)27(5,6)30-25(38)40-26(2,3)4/h7-12,18,34H,13-17H2,1-6H3,(H,30,38)(H,28,29,36,37). The number of aliphatic hydroxyl groups excluding tert-OH is 1. The zero-order valence-electron chi connectivity index (χ0n) is 23.8. The average Bonchev–Trinajstić information content (AvgIpc) is 2.87. The normalized spacial score (nSPS) is 14.8. The molecule has 40 heavy (non-hydrogen) atoms. The quantitative estimate of drug-likeness (QED) is 0.466. The summed E-state index contributed by atoms with van der Waals surface area (Å²) in [7, 11) is 0. The van der Waals surface area contributed by atoms with Gasteiger partial charge in [-0.15, -0.1) is 0 Å². The lowest BCUT2D eigenvalue weighted by molar-refractivity contribution is -0.138. The van der Waals surface area contributed by atoms with Gasteiger partial charge in [0.1, 0.15) is 28.8 Å². The van der Waals surface area contributed by atoms with Gasteiger partial charge < -0.3 is 29.7 Å². The van der Waals surface area contributed by atoms with Crippen molar-refractivity contribution in [1.82, 2.24) is 24.7 Å². The van der Waals surface area contributed by atoms with Crippen LogP contribution in [0.15, 0.2) is 41.3 Å². The van der Waals surface area contributed by atoms with Gasteiger partial charge in [-0.05, 0) is 71.9 Å². The average molecular weight is 559 g/mol. The maximum atomic E-state index is 13.0. The number of alkyl carbamates (subject to hydrolysis) is 1. The number of carbonyl (C=O) groups is 3. The molecular formula is C27H38N6O7. The molecular weight excluding hydrogens is 520 g/mol. The van der Waals surface area contributed by atoms with Crippen molar-refractivity contribution in [2.75, 3.05) is 38.1 Å². The van der Waals surface area contributed by atoms with Gasteiger partial charge in [0.05, 0.1) is 12.3 Å². The van der Waals surface area contributed by atoms with E-state index in [1.165, 1.54) is 21.7 Å². The molecule has 1 aliphatic heterocycles. The van der Waals surface area contributed by atoms with Crippen LogP contribution in [-0.2, 0) is 9.53 Å². The minimum atomic E-state index is -1.19. The molecule has 0 saturated carbocycles. The fourth-order valence-electron chi connectivity index (χ4n) is 3.93. The number of piperazine rings is 1. The van der Waals surface area contributed by atoms with Crippen LogP contribution in [-0.4, -0.2) is 92.5 Å². The van der Waals surface area contributed by atoms with Crippen molar-refractivity contribution in [3.8, 4) is 11.4 Å². The van der Waals surface area contributed by atoms with Crippen LogP contribution in [0, 0.1) is 0 Å². The van der Waals surface area contributed by atoms with Crippen LogP contribution in [0.25, 0.3) is 5.69 Å². The Bertz CT molecular complexity index is 1260. The second-order valence-corrected chi connectivity index (χ2v) is 11.0. The molecule has 3 rings (SSSR count). The number of aromatic nitrogens is 2. The summed E-state index contributed by atoms with van der Waals surface area (Å²) < 4.78 is 12.1. The Morgan fingerprint density at radius 1 is 1.00 bits per heavy atom. The summed E-state index contributed by atoms with van der Waals surface area (Å²) in [6.45, 7) is 11.1. The van der Waals surface area contributed by atoms with E-state index < -0.39 is 29.0 Å². The first-order chi connectivity index (χ1) is 18.7. The molecule has 0 bridgehead atoms. The van der Waals surface area contributed by atoms with E-state index >= 15 is 0 Å². The maximum Gasteiger partial charge on any atom is 0.408 e. The summed E-state index contributed by atoms with van der Waals surface area (Å²) in [5.41, 5.74) is -1.90. The highest BCUT2D eigenvalue weighted by atomic mass is 16.6. The summed E-state index contributed by atoms with van der Waals surface area (Å²) in [5.74, 6) is 0.371. The summed E-state index contributed by atoms with van der Waals surface area (Å²) >= 11 is 0. The Balaban J connectivity index is 1.54. The summed E-state index contributed by atoms with van der Waals surface area (Å²) in [4.78, 5) is 57.7. The summed E-state index contributed by atoms with van der Waals surface area (Å²) in [6.07, 6.45) is 0.472. The van der Waals surface area contributed by atoms with E-state index in [-0.39, 0.29) is 50.6 Å². The molecule has 1 aromatic carbocycles. The fraction of sp³-hybridized carbons (Fsp3) is 0.519. The smallest absolute Gasteiger partial charge is 0.408 e. The molecule has 0 spiro atoms. The van der Waals surface area contributed by atoms with Crippen molar-refractivity contribution in [2.45, 2.75) is 58.8 Å². The lowest BCUT2D eigenvalue weighted by Crippen LogP contribution is -2.60. The number of urea groups is 1. The Hall–Kier alpha value is -4.13. The Morgan fingerprint density at radius 3 is 2.15 bits per heavy atom. The van der Waals surface area contributed by atoms with Crippen LogP contribution in [0.1, 0.15) is 41.5 Å². The fourth-order valence-corrected chi connectivity index (χ4v) is 3.93. The first kappa shape index (κ1) is 30.4. The third-order valence-electron chi connectivity index (χ3n) is 5.95. The van der Waals surface area contributed by atoms with E-state index in [1.54, 1.807) is 70.7 Å². The van der Waals surface area contributed by atoms with Crippen molar-refractivity contribution < 1.29 is 29.0 Å². The number of amides is 4. The number of aliphatic hydroxyl groups is 1. The largest absolute Gasteiger partial charge is 0.488 e. The van der Waals surface area contributed by atoms with E-state index in [0.29, 0.717) is 11.4 Å². The van der Waals surface area contributed by atoms with Gasteiger partial charge in [-0.25, -0.2) is 14.4 Å². The molecule has 1 unspecified atom stereocenters.